The first-order valence-corrected chi connectivity index (χ1v) is 20.4. The summed E-state index contributed by atoms with van der Waals surface area (Å²) in [6.45, 7) is 20.7. The first-order valence-electron chi connectivity index (χ1n) is 18.7. The van der Waals surface area contributed by atoms with E-state index in [1.54, 1.807) is 57.2 Å². The van der Waals surface area contributed by atoms with Gasteiger partial charge in [-0.2, -0.15) is 0 Å². The molecule has 0 spiro atoms. The highest BCUT2D eigenvalue weighted by Crippen LogP contribution is 2.41. The molecule has 0 aromatic heterocycles. The summed E-state index contributed by atoms with van der Waals surface area (Å²) in [6.07, 6.45) is 5.34. The number of rotatable bonds is 18. The molecule has 1 aromatic carbocycles. The third-order valence-electron chi connectivity index (χ3n) is 10.1. The summed E-state index contributed by atoms with van der Waals surface area (Å²) in [5.41, 5.74) is 1.33. The maximum Gasteiger partial charge on any atom is 0.407 e. The van der Waals surface area contributed by atoms with Gasteiger partial charge in [0, 0.05) is 38.8 Å². The van der Waals surface area contributed by atoms with Crippen molar-refractivity contribution in [2.75, 3.05) is 32.6 Å². The lowest BCUT2D eigenvalue weighted by molar-refractivity contribution is -0.0769. The Morgan fingerprint density at radius 1 is 1.08 bits per heavy atom. The summed E-state index contributed by atoms with van der Waals surface area (Å²) < 4.78 is 63.7. The standard InChI is InChI=1S/C41H61NO10S/c1-9-19-48-20-13-14-31-22-28(3)35(49-31)18-17-32-21-27(2)29(4)36(50-32)24-37-34(26-53(45,46)33-15-11-10-12-16-33)39(47-8)38(51-37)23-30(43)25-42-40(44)52-41(5,6)7/h9-16,27,30-32,34-39,43H,1,3-4,17-26H2,2,5-8H3,(H,42,44)/b14-13+/t27?,30?,31?,32?,34?,35?,36?,37?,38?,39-/m1/s1. The fourth-order valence-electron chi connectivity index (χ4n) is 7.42. The summed E-state index contributed by atoms with van der Waals surface area (Å²) in [6, 6.07) is 8.35. The van der Waals surface area contributed by atoms with Crippen molar-refractivity contribution >= 4 is 15.9 Å². The molecule has 0 radical (unpaired) electrons. The molecule has 1 amide bonds. The molecule has 0 bridgehead atoms. The van der Waals surface area contributed by atoms with Crippen molar-refractivity contribution in [1.82, 2.24) is 5.32 Å². The zero-order valence-corrected chi connectivity index (χ0v) is 32.9. The number of hydrogen-bond donors (Lipinski definition) is 2. The highest BCUT2D eigenvalue weighted by molar-refractivity contribution is 7.91. The molecule has 3 saturated heterocycles. The minimum absolute atomic E-state index is 0.0320. The van der Waals surface area contributed by atoms with Crippen molar-refractivity contribution in [3.8, 4) is 0 Å². The molecule has 3 fully saturated rings. The van der Waals surface area contributed by atoms with Gasteiger partial charge < -0.3 is 38.8 Å². The van der Waals surface area contributed by atoms with E-state index in [4.69, 9.17) is 28.4 Å². The van der Waals surface area contributed by atoms with E-state index in [0.29, 0.717) is 19.6 Å². The van der Waals surface area contributed by atoms with Crippen LogP contribution in [0.25, 0.3) is 0 Å². The van der Waals surface area contributed by atoms with E-state index in [-0.39, 0.29) is 53.9 Å². The SMILES string of the molecule is C=CCOC/C=C/C1CC(=C)C(CCC2CC(C)C(=C)C(CC3OC(CC(O)CNC(=O)OC(C)(C)C)[C@H](OC)C3CS(=O)(=O)c3ccccc3)O2)O1. The van der Waals surface area contributed by atoms with E-state index < -0.39 is 51.9 Å². The van der Waals surface area contributed by atoms with Crippen molar-refractivity contribution in [2.24, 2.45) is 11.8 Å². The number of aliphatic hydroxyl groups excluding tert-OH is 1. The van der Waals surface area contributed by atoms with E-state index in [2.05, 4.69) is 32.0 Å². The van der Waals surface area contributed by atoms with Gasteiger partial charge in [-0.05, 0) is 69.2 Å². The fourth-order valence-corrected chi connectivity index (χ4v) is 9.10. The summed E-state index contributed by atoms with van der Waals surface area (Å²) >= 11 is 0. The molecular formula is C41H61NO10S. The number of sulfone groups is 1. The van der Waals surface area contributed by atoms with Gasteiger partial charge in [-0.1, -0.05) is 56.5 Å². The zero-order chi connectivity index (χ0) is 38.8. The second kappa shape index (κ2) is 19.7. The zero-order valence-electron chi connectivity index (χ0n) is 32.1. The molecule has 10 atom stereocenters. The van der Waals surface area contributed by atoms with Crippen LogP contribution in [0.5, 0.6) is 0 Å². The van der Waals surface area contributed by atoms with E-state index >= 15 is 0 Å². The quantitative estimate of drug-likeness (QED) is 0.133. The lowest BCUT2D eigenvalue weighted by Gasteiger charge is -2.38. The number of aliphatic hydroxyl groups is 1. The van der Waals surface area contributed by atoms with Crippen molar-refractivity contribution in [1.29, 1.82) is 0 Å². The minimum atomic E-state index is -3.72. The number of nitrogens with one attached hydrogen (secondary N) is 1. The van der Waals surface area contributed by atoms with Gasteiger partial charge in [-0.15, -0.1) is 6.58 Å². The molecule has 4 rings (SSSR count). The number of methoxy groups -OCH3 is 1. The molecule has 11 nitrogen and oxygen atoms in total. The third-order valence-corrected chi connectivity index (χ3v) is 11.9. The third kappa shape index (κ3) is 12.9. The highest BCUT2D eigenvalue weighted by Gasteiger charge is 2.49. The lowest BCUT2D eigenvalue weighted by Crippen LogP contribution is -2.41. The first kappa shape index (κ1) is 42.9. The molecule has 3 aliphatic heterocycles. The van der Waals surface area contributed by atoms with Crippen molar-refractivity contribution in [3.63, 3.8) is 0 Å². The Morgan fingerprint density at radius 3 is 2.49 bits per heavy atom. The van der Waals surface area contributed by atoms with Crippen LogP contribution in [-0.4, -0.2) is 107 Å². The summed E-state index contributed by atoms with van der Waals surface area (Å²) in [4.78, 5) is 12.5. The van der Waals surface area contributed by atoms with Gasteiger partial charge in [0.25, 0.3) is 0 Å². The number of amides is 1. The normalized spacial score (nSPS) is 30.1. The van der Waals surface area contributed by atoms with Crippen LogP contribution < -0.4 is 5.32 Å². The van der Waals surface area contributed by atoms with Crippen LogP contribution in [0.2, 0.25) is 0 Å². The van der Waals surface area contributed by atoms with Crippen LogP contribution in [0, 0.1) is 11.8 Å². The van der Waals surface area contributed by atoms with Crippen LogP contribution >= 0.6 is 0 Å². The van der Waals surface area contributed by atoms with Crippen LogP contribution in [0.4, 0.5) is 4.79 Å². The Morgan fingerprint density at radius 2 is 1.81 bits per heavy atom. The number of alkyl carbamates (subject to hydrolysis) is 1. The largest absolute Gasteiger partial charge is 0.444 e. The maximum absolute atomic E-state index is 13.7. The van der Waals surface area contributed by atoms with E-state index in [9.17, 15) is 18.3 Å². The fraction of sp³-hybridized carbons (Fsp3) is 0.634. The molecule has 3 heterocycles. The molecule has 0 aliphatic carbocycles. The average molecular weight is 760 g/mol. The van der Waals surface area contributed by atoms with Gasteiger partial charge in [0.15, 0.2) is 9.84 Å². The Balaban J connectivity index is 1.43. The van der Waals surface area contributed by atoms with Crippen molar-refractivity contribution < 1.29 is 46.7 Å². The predicted molar refractivity (Wildman–Crippen MR) is 204 cm³/mol. The second-order valence-electron chi connectivity index (χ2n) is 15.5. The van der Waals surface area contributed by atoms with Gasteiger partial charge in [-0.25, -0.2) is 13.2 Å². The number of hydrogen-bond acceptors (Lipinski definition) is 10. The molecule has 0 saturated carbocycles. The average Bonchev–Trinajstić information content (AvgIpc) is 3.61. The van der Waals surface area contributed by atoms with Crippen molar-refractivity contribution in [2.45, 2.75) is 126 Å². The Kier molecular flexibility index (Phi) is 15.9. The predicted octanol–water partition coefficient (Wildman–Crippen LogP) is 6.13. The van der Waals surface area contributed by atoms with Gasteiger partial charge in [-0.3, -0.25) is 0 Å². The monoisotopic (exact) mass is 759 g/mol. The second-order valence-corrected chi connectivity index (χ2v) is 17.5. The van der Waals surface area contributed by atoms with Crippen molar-refractivity contribution in [3.05, 3.63) is 79.4 Å². The molecule has 1 aromatic rings. The van der Waals surface area contributed by atoms with E-state index in [1.807, 2.05) is 12.2 Å². The van der Waals surface area contributed by atoms with Gasteiger partial charge in [0.05, 0.1) is 72.7 Å². The molecule has 9 unspecified atom stereocenters. The lowest BCUT2D eigenvalue weighted by atomic mass is 9.83. The van der Waals surface area contributed by atoms with Crippen LogP contribution in [0.1, 0.15) is 66.2 Å². The van der Waals surface area contributed by atoms with Gasteiger partial charge in [0.2, 0.25) is 0 Å². The number of benzene rings is 1. The summed E-state index contributed by atoms with van der Waals surface area (Å²) in [5.74, 6) is -0.589. The Hall–Kier alpha value is -2.84. The number of carbonyl (C=O) groups excluding carboxylic acids is 1. The smallest absolute Gasteiger partial charge is 0.407 e. The summed E-state index contributed by atoms with van der Waals surface area (Å²) in [7, 11) is -2.19. The van der Waals surface area contributed by atoms with Gasteiger partial charge >= 0.3 is 6.09 Å². The molecule has 12 heteroatoms. The molecule has 296 valence electrons. The highest BCUT2D eigenvalue weighted by atomic mass is 32.2. The van der Waals surface area contributed by atoms with Crippen LogP contribution in [0.15, 0.2) is 84.3 Å². The topological polar surface area (TPSA) is 139 Å². The van der Waals surface area contributed by atoms with Crippen LogP contribution in [-0.2, 0) is 38.3 Å². The Labute approximate surface area is 316 Å². The minimum Gasteiger partial charge on any atom is -0.444 e. The number of carbonyl (C=O) groups is 1. The molecular weight excluding hydrogens is 699 g/mol. The van der Waals surface area contributed by atoms with Gasteiger partial charge in [0.1, 0.15) is 5.60 Å². The Bertz CT molecular complexity index is 1510. The molecule has 3 aliphatic rings. The van der Waals surface area contributed by atoms with Crippen LogP contribution in [0.3, 0.4) is 0 Å². The summed E-state index contributed by atoms with van der Waals surface area (Å²) in [5, 5.41) is 13.6. The molecule has 2 N–H and O–H groups in total. The number of ether oxygens (including phenoxy) is 6. The van der Waals surface area contributed by atoms with E-state index in [0.717, 1.165) is 36.8 Å². The van der Waals surface area contributed by atoms with E-state index in [1.165, 1.54) is 7.11 Å². The maximum atomic E-state index is 13.7. The molecule has 53 heavy (non-hydrogen) atoms. The first-order chi connectivity index (χ1) is 25.1.